The Balaban J connectivity index is 0.825. The average molecular weight is 764 g/mol. The second-order valence-corrected chi connectivity index (χ2v) is 14.4. The van der Waals surface area contributed by atoms with Crippen molar-refractivity contribution in [3.8, 4) is 28.6 Å². The number of nitrogens with one attached hydrogen (secondary N) is 2. The van der Waals surface area contributed by atoms with Crippen LogP contribution < -0.4 is 11.0 Å². The van der Waals surface area contributed by atoms with Crippen molar-refractivity contribution in [1.82, 2.24) is 34.0 Å². The number of carbonyl (C=O) groups is 2. The molecule has 0 saturated carbocycles. The maximum absolute atomic E-state index is 12.9. The van der Waals surface area contributed by atoms with E-state index in [1.807, 2.05) is 89.9 Å². The number of phenolic OH excluding ortho intramolecular Hbond substituents is 2. The number of aromatic hydroxyl groups is 2. The van der Waals surface area contributed by atoms with Gasteiger partial charge in [-0.05, 0) is 60.0 Å². The van der Waals surface area contributed by atoms with Crippen molar-refractivity contribution in [1.29, 1.82) is 0 Å². The first-order valence-corrected chi connectivity index (χ1v) is 18.6. The highest BCUT2D eigenvalue weighted by Gasteiger charge is 2.22. The first kappa shape index (κ1) is 35.4. The molecule has 0 fully saturated rings. The number of para-hydroxylation sites is 1. The molecule has 0 aliphatic carbocycles. The molecular formula is C43H37N7O7. The van der Waals surface area contributed by atoms with Crippen LogP contribution in [0.2, 0.25) is 0 Å². The molecule has 14 nitrogen and oxygen atoms in total. The van der Waals surface area contributed by atoms with E-state index in [1.54, 1.807) is 12.1 Å². The van der Waals surface area contributed by atoms with Gasteiger partial charge in [0.1, 0.15) is 24.4 Å². The van der Waals surface area contributed by atoms with Crippen LogP contribution in [0, 0.1) is 0 Å². The van der Waals surface area contributed by atoms with Gasteiger partial charge in [-0.2, -0.15) is 5.10 Å². The van der Waals surface area contributed by atoms with Gasteiger partial charge in [-0.3, -0.25) is 9.59 Å². The van der Waals surface area contributed by atoms with Gasteiger partial charge in [-0.25, -0.2) is 19.4 Å². The van der Waals surface area contributed by atoms with Crippen LogP contribution in [0.25, 0.3) is 61.1 Å². The van der Waals surface area contributed by atoms with Crippen LogP contribution in [0.4, 0.5) is 0 Å². The molecule has 57 heavy (non-hydrogen) atoms. The van der Waals surface area contributed by atoms with Crippen molar-refractivity contribution in [2.24, 2.45) is 0 Å². The van der Waals surface area contributed by atoms with Gasteiger partial charge in [0.2, 0.25) is 5.91 Å². The van der Waals surface area contributed by atoms with Crippen molar-refractivity contribution >= 4 is 55.9 Å². The third kappa shape index (κ3) is 6.50. The highest BCUT2D eigenvalue weighted by Crippen LogP contribution is 2.38. The van der Waals surface area contributed by atoms with E-state index in [9.17, 15) is 24.6 Å². The van der Waals surface area contributed by atoms with Gasteiger partial charge in [0.15, 0.2) is 11.6 Å². The Morgan fingerprint density at radius 2 is 1.79 bits per heavy atom. The molecule has 14 heteroatoms. The number of nitrogens with zero attached hydrogens (tertiary/aromatic N) is 5. The van der Waals surface area contributed by atoms with Crippen molar-refractivity contribution < 1.29 is 29.3 Å². The van der Waals surface area contributed by atoms with E-state index in [0.29, 0.717) is 36.5 Å². The number of pyridine rings is 2. The second kappa shape index (κ2) is 14.1. The molecule has 8 aromatic rings. The van der Waals surface area contributed by atoms with E-state index in [4.69, 9.17) is 14.5 Å². The van der Waals surface area contributed by atoms with Gasteiger partial charge in [-0.15, -0.1) is 0 Å². The van der Waals surface area contributed by atoms with Gasteiger partial charge in [0, 0.05) is 77.0 Å². The van der Waals surface area contributed by atoms with E-state index in [2.05, 4.69) is 21.6 Å². The monoisotopic (exact) mass is 763 g/mol. The number of hydrogen-bond donors (Lipinski definition) is 4. The van der Waals surface area contributed by atoms with Crippen molar-refractivity contribution in [3.63, 3.8) is 0 Å². The third-order valence-corrected chi connectivity index (χ3v) is 10.3. The Morgan fingerprint density at radius 1 is 0.930 bits per heavy atom. The fourth-order valence-corrected chi connectivity index (χ4v) is 7.46. The lowest BCUT2D eigenvalue weighted by atomic mass is 9.98. The minimum Gasteiger partial charge on any atom is -0.508 e. The fourth-order valence-electron chi connectivity index (χ4n) is 7.46. The summed E-state index contributed by atoms with van der Waals surface area (Å²) in [6.45, 7) is 4.94. The maximum atomic E-state index is 12.9. The summed E-state index contributed by atoms with van der Waals surface area (Å²) in [5, 5.41) is 33.4. The molecule has 6 heterocycles. The Bertz CT molecular complexity index is 3000. The molecule has 5 aromatic heterocycles. The van der Waals surface area contributed by atoms with Crippen molar-refractivity contribution in [2.45, 2.75) is 45.8 Å². The zero-order valence-electron chi connectivity index (χ0n) is 31.0. The first-order chi connectivity index (χ1) is 27.6. The predicted molar refractivity (Wildman–Crippen MR) is 214 cm³/mol. The molecule has 0 atom stereocenters. The van der Waals surface area contributed by atoms with Gasteiger partial charge in [0.25, 0.3) is 0 Å². The maximum Gasteiger partial charge on any atom is 0.348 e. The molecule has 0 spiro atoms. The molecule has 9 rings (SSSR count). The fraction of sp³-hybridized carbons (Fsp3) is 0.186. The van der Waals surface area contributed by atoms with Crippen molar-refractivity contribution in [3.05, 3.63) is 125 Å². The highest BCUT2D eigenvalue weighted by atomic mass is 16.6. The lowest BCUT2D eigenvalue weighted by Gasteiger charge is -2.18. The predicted octanol–water partition coefficient (Wildman–Crippen LogP) is 6.64. The lowest BCUT2D eigenvalue weighted by Crippen LogP contribution is -2.27. The van der Waals surface area contributed by atoms with Crippen LogP contribution in [0.15, 0.2) is 102 Å². The number of benzene rings is 3. The summed E-state index contributed by atoms with van der Waals surface area (Å²) in [5.74, 6) is -0.613. The van der Waals surface area contributed by atoms with Gasteiger partial charge in [-0.1, -0.05) is 32.0 Å². The van der Waals surface area contributed by atoms with E-state index < -0.39 is 11.7 Å². The summed E-state index contributed by atoms with van der Waals surface area (Å²) in [5.41, 5.74) is 6.06. The van der Waals surface area contributed by atoms with Gasteiger partial charge < -0.3 is 34.0 Å². The van der Waals surface area contributed by atoms with Gasteiger partial charge in [0.05, 0.1) is 34.2 Å². The van der Waals surface area contributed by atoms with E-state index in [1.165, 1.54) is 16.9 Å². The number of amides is 1. The standard InChI is InChI=1S/C43H37N7O7/c1-24(2)30-17-32(37(52)19-36(30)51)42-46-47-43(55)50(42)29-7-8-34-26(16-29)11-13-48(34)14-12-44-39(53)9-10-40(54)57-38-23-56-22-28-21-49-20-27-15-25-5-3-4-6-33(25)45-41(27)35(49)18-31(28)38/h3-8,11,13,15-21,23-24,51-52H,9-10,12,14,22H2,1-2H3,(H,44,53)(H,47,55). The molecule has 1 aliphatic heterocycles. The number of carbonyl (C=O) groups excluding carboxylic acids is 2. The lowest BCUT2D eigenvalue weighted by molar-refractivity contribution is -0.138. The normalized spacial score (nSPS) is 12.6. The highest BCUT2D eigenvalue weighted by molar-refractivity contribution is 6.01. The molecule has 0 bridgehead atoms. The molecule has 0 radical (unpaired) electrons. The third-order valence-electron chi connectivity index (χ3n) is 10.3. The number of hydrogen-bond acceptors (Lipinski definition) is 9. The van der Waals surface area contributed by atoms with Gasteiger partial charge >= 0.3 is 11.7 Å². The van der Waals surface area contributed by atoms with Crippen LogP contribution in [0.5, 0.6) is 11.5 Å². The smallest absolute Gasteiger partial charge is 0.348 e. The summed E-state index contributed by atoms with van der Waals surface area (Å²) >= 11 is 0. The first-order valence-electron chi connectivity index (χ1n) is 18.6. The number of aromatic nitrogens is 6. The van der Waals surface area contributed by atoms with Crippen LogP contribution in [0.1, 0.15) is 49.3 Å². The minimum atomic E-state index is -0.551. The SMILES string of the molecule is CC(C)c1cc(-c2n[nH]c(=O)n2-c2ccc3c(ccn3CCNC(=O)CCC(=O)OC3=COCc4cn5cc6cc7ccccc7nc6c5cc43)c2)c(O)cc1O. The number of rotatable bonds is 10. The second-order valence-electron chi connectivity index (χ2n) is 14.4. The number of fused-ring (bicyclic) bond motifs is 6. The summed E-state index contributed by atoms with van der Waals surface area (Å²) in [6.07, 6.45) is 7.14. The summed E-state index contributed by atoms with van der Waals surface area (Å²) < 4.78 is 16.7. The molecule has 286 valence electrons. The number of phenols is 2. The Labute approximate surface area is 324 Å². The molecule has 1 aliphatic rings. The molecule has 3 aromatic carbocycles. The Kier molecular flexibility index (Phi) is 8.72. The van der Waals surface area contributed by atoms with Crippen LogP contribution in [-0.4, -0.2) is 57.4 Å². The summed E-state index contributed by atoms with van der Waals surface area (Å²) in [4.78, 5) is 43.5. The quantitative estimate of drug-likeness (QED) is 0.111. The largest absolute Gasteiger partial charge is 0.508 e. The van der Waals surface area contributed by atoms with Crippen molar-refractivity contribution in [2.75, 3.05) is 6.54 Å². The summed E-state index contributed by atoms with van der Waals surface area (Å²) in [7, 11) is 0. The molecular weight excluding hydrogens is 727 g/mol. The minimum absolute atomic E-state index is 0.0287. The van der Waals surface area contributed by atoms with E-state index >= 15 is 0 Å². The molecule has 1 amide bonds. The topological polar surface area (TPSA) is 178 Å². The molecule has 0 unspecified atom stereocenters. The zero-order valence-corrected chi connectivity index (χ0v) is 31.0. The van der Waals surface area contributed by atoms with E-state index in [0.717, 1.165) is 49.4 Å². The Hall–Kier alpha value is -7.35. The number of H-pyrrole nitrogens is 1. The Morgan fingerprint density at radius 3 is 2.65 bits per heavy atom. The molecule has 4 N–H and O–H groups in total. The number of esters is 1. The van der Waals surface area contributed by atoms with Crippen LogP contribution >= 0.6 is 0 Å². The number of aromatic amines is 1. The van der Waals surface area contributed by atoms with Crippen LogP contribution in [-0.2, 0) is 32.2 Å². The van der Waals surface area contributed by atoms with Crippen LogP contribution in [0.3, 0.4) is 0 Å². The van der Waals surface area contributed by atoms with E-state index in [-0.39, 0.29) is 47.7 Å². The average Bonchev–Trinajstić information content (AvgIpc) is 3.89. The zero-order chi connectivity index (χ0) is 39.4. The summed E-state index contributed by atoms with van der Waals surface area (Å²) in [6, 6.07) is 22.3. The molecule has 0 saturated heterocycles. The number of ether oxygens (including phenoxy) is 2.